The Labute approximate surface area is 151 Å². The molecule has 0 saturated carbocycles. The van der Waals surface area contributed by atoms with E-state index in [1.54, 1.807) is 25.5 Å². The van der Waals surface area contributed by atoms with E-state index in [0.717, 1.165) is 34.3 Å². The molecule has 0 radical (unpaired) electrons. The molecule has 5 nitrogen and oxygen atoms in total. The standard InChI is InChI=1S/C21H19N3O2/c1-15-21(25)13-18-11-17(5-6-20(18)23-15)16-3-2-4-19(12-16)26-10-9-24-8-7-22-14-24/h2-8,11-14,25H,9-10H2,1H3. The van der Waals surface area contributed by atoms with Gasteiger partial charge >= 0.3 is 0 Å². The second-order valence-electron chi connectivity index (χ2n) is 6.18. The maximum atomic E-state index is 9.91. The second-order valence-corrected chi connectivity index (χ2v) is 6.18. The highest BCUT2D eigenvalue weighted by Crippen LogP contribution is 2.29. The number of rotatable bonds is 5. The van der Waals surface area contributed by atoms with Crippen LogP contribution in [0, 0.1) is 6.92 Å². The van der Waals surface area contributed by atoms with Crippen molar-refractivity contribution in [3.63, 3.8) is 0 Å². The minimum atomic E-state index is 0.214. The summed E-state index contributed by atoms with van der Waals surface area (Å²) in [7, 11) is 0. The number of nitrogens with zero attached hydrogens (tertiary/aromatic N) is 3. The molecule has 2 aromatic carbocycles. The van der Waals surface area contributed by atoms with Crippen molar-refractivity contribution in [1.29, 1.82) is 0 Å². The summed E-state index contributed by atoms with van der Waals surface area (Å²) >= 11 is 0. The lowest BCUT2D eigenvalue weighted by molar-refractivity contribution is 0.298. The smallest absolute Gasteiger partial charge is 0.137 e. The lowest BCUT2D eigenvalue weighted by Crippen LogP contribution is -2.06. The van der Waals surface area contributed by atoms with Gasteiger partial charge in [-0.3, -0.25) is 0 Å². The van der Waals surface area contributed by atoms with Crippen molar-refractivity contribution in [2.45, 2.75) is 13.5 Å². The molecule has 2 heterocycles. The van der Waals surface area contributed by atoms with Crippen molar-refractivity contribution < 1.29 is 9.84 Å². The Morgan fingerprint density at radius 2 is 1.96 bits per heavy atom. The van der Waals surface area contributed by atoms with Gasteiger partial charge in [0.15, 0.2) is 0 Å². The van der Waals surface area contributed by atoms with Gasteiger partial charge in [-0.2, -0.15) is 0 Å². The van der Waals surface area contributed by atoms with Crippen LogP contribution in [0.2, 0.25) is 0 Å². The number of hydrogen-bond donors (Lipinski definition) is 1. The number of imidazole rings is 1. The normalized spacial score (nSPS) is 11.0. The molecule has 0 fully saturated rings. The molecule has 0 aliphatic carbocycles. The van der Waals surface area contributed by atoms with Crippen LogP contribution in [0.4, 0.5) is 0 Å². The van der Waals surface area contributed by atoms with Crippen LogP contribution < -0.4 is 4.74 Å². The van der Waals surface area contributed by atoms with Gasteiger partial charge in [-0.15, -0.1) is 0 Å². The molecule has 0 saturated heterocycles. The van der Waals surface area contributed by atoms with E-state index in [9.17, 15) is 5.11 Å². The van der Waals surface area contributed by atoms with Gasteiger partial charge in [-0.05, 0) is 48.4 Å². The summed E-state index contributed by atoms with van der Waals surface area (Å²) in [6, 6.07) is 15.8. The third-order valence-corrected chi connectivity index (χ3v) is 4.32. The van der Waals surface area contributed by atoms with Gasteiger partial charge in [0.05, 0.1) is 24.1 Å². The first-order valence-corrected chi connectivity index (χ1v) is 8.48. The van der Waals surface area contributed by atoms with E-state index in [-0.39, 0.29) is 5.75 Å². The van der Waals surface area contributed by atoms with Crippen LogP contribution in [0.25, 0.3) is 22.0 Å². The van der Waals surface area contributed by atoms with Gasteiger partial charge in [0.1, 0.15) is 18.1 Å². The molecule has 0 spiro atoms. The van der Waals surface area contributed by atoms with Crippen molar-refractivity contribution >= 4 is 10.9 Å². The fourth-order valence-electron chi connectivity index (χ4n) is 2.89. The summed E-state index contributed by atoms with van der Waals surface area (Å²) in [6.45, 7) is 3.13. The van der Waals surface area contributed by atoms with Crippen LogP contribution in [0.5, 0.6) is 11.5 Å². The number of aryl methyl sites for hydroxylation is 1. The summed E-state index contributed by atoms with van der Waals surface area (Å²) < 4.78 is 7.84. The third-order valence-electron chi connectivity index (χ3n) is 4.32. The third kappa shape index (κ3) is 3.37. The van der Waals surface area contributed by atoms with E-state index < -0.39 is 0 Å². The average Bonchev–Trinajstić information content (AvgIpc) is 3.16. The van der Waals surface area contributed by atoms with E-state index in [1.807, 2.05) is 53.2 Å². The largest absolute Gasteiger partial charge is 0.506 e. The van der Waals surface area contributed by atoms with E-state index in [1.165, 1.54) is 0 Å². The number of pyridine rings is 1. The molecule has 0 atom stereocenters. The monoisotopic (exact) mass is 345 g/mol. The summed E-state index contributed by atoms with van der Waals surface area (Å²) in [5.41, 5.74) is 3.63. The first kappa shape index (κ1) is 16.1. The zero-order chi connectivity index (χ0) is 17.9. The van der Waals surface area contributed by atoms with Crippen molar-refractivity contribution in [3.8, 4) is 22.6 Å². The Morgan fingerprint density at radius 3 is 2.81 bits per heavy atom. The van der Waals surface area contributed by atoms with Gasteiger partial charge < -0.3 is 14.4 Å². The Morgan fingerprint density at radius 1 is 1.08 bits per heavy atom. The molecule has 0 aliphatic rings. The minimum Gasteiger partial charge on any atom is -0.506 e. The summed E-state index contributed by atoms with van der Waals surface area (Å²) in [5, 5.41) is 10.8. The highest BCUT2D eigenvalue weighted by Gasteiger charge is 2.05. The summed E-state index contributed by atoms with van der Waals surface area (Å²) in [5.74, 6) is 1.04. The molecule has 5 heteroatoms. The number of fused-ring (bicyclic) bond motifs is 1. The number of benzene rings is 2. The molecule has 4 rings (SSSR count). The van der Waals surface area contributed by atoms with Crippen LogP contribution in [-0.2, 0) is 6.54 Å². The zero-order valence-corrected chi connectivity index (χ0v) is 14.5. The number of aromatic nitrogens is 3. The lowest BCUT2D eigenvalue weighted by Gasteiger charge is -2.10. The van der Waals surface area contributed by atoms with Gasteiger partial charge in [0.25, 0.3) is 0 Å². The Bertz CT molecular complexity index is 1040. The predicted molar refractivity (Wildman–Crippen MR) is 101 cm³/mol. The molecule has 0 unspecified atom stereocenters. The average molecular weight is 345 g/mol. The minimum absolute atomic E-state index is 0.214. The summed E-state index contributed by atoms with van der Waals surface area (Å²) in [6.07, 6.45) is 5.45. The zero-order valence-electron chi connectivity index (χ0n) is 14.5. The Kier molecular flexibility index (Phi) is 4.27. The highest BCUT2D eigenvalue weighted by molar-refractivity contribution is 5.85. The van der Waals surface area contributed by atoms with Crippen molar-refractivity contribution in [2.75, 3.05) is 6.61 Å². The van der Waals surface area contributed by atoms with Gasteiger partial charge in [-0.25, -0.2) is 9.97 Å². The molecule has 2 aromatic heterocycles. The molecule has 0 bridgehead atoms. The van der Waals surface area contributed by atoms with Gasteiger partial charge in [-0.1, -0.05) is 18.2 Å². The van der Waals surface area contributed by atoms with E-state index in [2.05, 4.69) is 9.97 Å². The SMILES string of the molecule is Cc1nc2ccc(-c3cccc(OCCn4ccnc4)c3)cc2cc1O. The first-order chi connectivity index (χ1) is 12.7. The maximum Gasteiger partial charge on any atom is 0.137 e. The number of aromatic hydroxyl groups is 1. The van der Waals surface area contributed by atoms with Crippen LogP contribution in [0.15, 0.2) is 67.3 Å². The van der Waals surface area contributed by atoms with E-state index >= 15 is 0 Å². The first-order valence-electron chi connectivity index (χ1n) is 8.48. The molecular weight excluding hydrogens is 326 g/mol. The predicted octanol–water partition coefficient (Wildman–Crippen LogP) is 4.19. The molecular formula is C21H19N3O2. The van der Waals surface area contributed by atoms with Crippen LogP contribution in [0.3, 0.4) is 0 Å². The van der Waals surface area contributed by atoms with Crippen LogP contribution in [-0.4, -0.2) is 26.2 Å². The fraction of sp³-hybridized carbons (Fsp3) is 0.143. The molecule has 0 amide bonds. The number of ether oxygens (including phenoxy) is 1. The van der Waals surface area contributed by atoms with Crippen molar-refractivity contribution in [3.05, 3.63) is 72.9 Å². The van der Waals surface area contributed by atoms with Gasteiger partial charge in [0.2, 0.25) is 0 Å². The van der Waals surface area contributed by atoms with Gasteiger partial charge in [0, 0.05) is 17.8 Å². The van der Waals surface area contributed by atoms with Crippen LogP contribution in [0.1, 0.15) is 5.69 Å². The molecule has 26 heavy (non-hydrogen) atoms. The second kappa shape index (κ2) is 6.88. The highest BCUT2D eigenvalue weighted by atomic mass is 16.5. The van der Waals surface area contributed by atoms with Crippen molar-refractivity contribution in [2.24, 2.45) is 0 Å². The molecule has 0 aliphatic heterocycles. The maximum absolute atomic E-state index is 9.91. The van der Waals surface area contributed by atoms with Crippen LogP contribution >= 0.6 is 0 Å². The Hall–Kier alpha value is -3.34. The molecule has 1 N–H and O–H groups in total. The quantitative estimate of drug-likeness (QED) is 0.589. The van der Waals surface area contributed by atoms with E-state index in [4.69, 9.17) is 4.74 Å². The lowest BCUT2D eigenvalue weighted by atomic mass is 10.0. The fourth-order valence-corrected chi connectivity index (χ4v) is 2.89. The summed E-state index contributed by atoms with van der Waals surface area (Å²) in [4.78, 5) is 8.43. The topological polar surface area (TPSA) is 60.2 Å². The van der Waals surface area contributed by atoms with E-state index in [0.29, 0.717) is 12.3 Å². The Balaban J connectivity index is 1.55. The molecule has 4 aromatic rings. The number of hydrogen-bond acceptors (Lipinski definition) is 4. The molecule has 130 valence electrons. The van der Waals surface area contributed by atoms with Crippen molar-refractivity contribution in [1.82, 2.24) is 14.5 Å².